The number of nitrogens with one attached hydrogen (secondary N) is 1. The Labute approximate surface area is 131 Å². The molecule has 2 saturated carbocycles. The summed E-state index contributed by atoms with van der Waals surface area (Å²) in [5.41, 5.74) is 6.78. The van der Waals surface area contributed by atoms with Crippen LogP contribution < -0.4 is 10.5 Å². The van der Waals surface area contributed by atoms with Crippen LogP contribution in [0.4, 0.5) is 5.69 Å². The van der Waals surface area contributed by atoms with E-state index in [9.17, 15) is 8.42 Å². The van der Waals surface area contributed by atoms with Gasteiger partial charge in [0.1, 0.15) is 0 Å². The lowest BCUT2D eigenvalue weighted by Gasteiger charge is -2.17. The van der Waals surface area contributed by atoms with Crippen LogP contribution in [0.3, 0.4) is 0 Å². The van der Waals surface area contributed by atoms with E-state index in [1.807, 2.05) is 0 Å². The molecule has 1 aromatic carbocycles. The van der Waals surface area contributed by atoms with Crippen molar-refractivity contribution in [1.82, 2.24) is 4.72 Å². The van der Waals surface area contributed by atoms with E-state index in [1.54, 1.807) is 13.0 Å². The van der Waals surface area contributed by atoms with Gasteiger partial charge in [-0.3, -0.25) is 0 Å². The van der Waals surface area contributed by atoms with Crippen molar-refractivity contribution in [3.63, 3.8) is 0 Å². The average molecular weight is 329 g/mol. The van der Waals surface area contributed by atoms with Gasteiger partial charge in [0, 0.05) is 17.3 Å². The summed E-state index contributed by atoms with van der Waals surface area (Å²) in [7, 11) is -3.56. The molecule has 0 aliphatic heterocycles. The zero-order valence-electron chi connectivity index (χ0n) is 12.1. The van der Waals surface area contributed by atoms with E-state index in [4.69, 9.17) is 17.3 Å². The fourth-order valence-corrected chi connectivity index (χ4v) is 4.67. The average Bonchev–Trinajstić information content (AvgIpc) is 3.25. The highest BCUT2D eigenvalue weighted by Crippen LogP contribution is 2.48. The molecule has 0 amide bonds. The van der Waals surface area contributed by atoms with E-state index in [1.165, 1.54) is 31.7 Å². The summed E-state index contributed by atoms with van der Waals surface area (Å²) >= 11 is 5.94. The van der Waals surface area contributed by atoms with Gasteiger partial charge in [0.05, 0.1) is 4.90 Å². The van der Waals surface area contributed by atoms with Crippen LogP contribution in [0, 0.1) is 24.7 Å². The minimum Gasteiger partial charge on any atom is -0.398 e. The second-order valence-corrected chi connectivity index (χ2v) is 8.48. The van der Waals surface area contributed by atoms with Gasteiger partial charge in [-0.05, 0) is 68.1 Å². The maximum Gasteiger partial charge on any atom is 0.240 e. The smallest absolute Gasteiger partial charge is 0.240 e. The first-order valence-corrected chi connectivity index (χ1v) is 9.30. The topological polar surface area (TPSA) is 72.2 Å². The van der Waals surface area contributed by atoms with E-state index in [0.717, 1.165) is 0 Å². The van der Waals surface area contributed by atoms with Gasteiger partial charge in [0.25, 0.3) is 0 Å². The molecule has 0 atom stereocenters. The van der Waals surface area contributed by atoms with E-state index < -0.39 is 10.0 Å². The Kier molecular flexibility index (Phi) is 3.93. The van der Waals surface area contributed by atoms with Gasteiger partial charge in [-0.1, -0.05) is 11.6 Å². The van der Waals surface area contributed by atoms with E-state index >= 15 is 0 Å². The van der Waals surface area contributed by atoms with Crippen LogP contribution in [0.15, 0.2) is 17.0 Å². The number of sulfonamides is 1. The van der Waals surface area contributed by atoms with Crippen LogP contribution in [0.2, 0.25) is 5.02 Å². The molecule has 4 nitrogen and oxygen atoms in total. The number of rotatable bonds is 6. The summed E-state index contributed by atoms with van der Waals surface area (Å²) in [6.07, 6.45) is 4.97. The van der Waals surface area contributed by atoms with Crippen LogP contribution in [-0.4, -0.2) is 15.0 Å². The quantitative estimate of drug-likeness (QED) is 0.789. The van der Waals surface area contributed by atoms with E-state index in [-0.39, 0.29) is 4.90 Å². The highest BCUT2D eigenvalue weighted by molar-refractivity contribution is 7.89. The van der Waals surface area contributed by atoms with Crippen LogP contribution in [0.5, 0.6) is 0 Å². The van der Waals surface area contributed by atoms with E-state index in [0.29, 0.717) is 40.6 Å². The fourth-order valence-electron chi connectivity index (χ4n) is 3.00. The van der Waals surface area contributed by atoms with Crippen molar-refractivity contribution in [3.05, 3.63) is 22.7 Å². The molecule has 21 heavy (non-hydrogen) atoms. The van der Waals surface area contributed by atoms with Gasteiger partial charge >= 0.3 is 0 Å². The van der Waals surface area contributed by atoms with Gasteiger partial charge < -0.3 is 5.73 Å². The first-order chi connectivity index (χ1) is 9.88. The highest BCUT2D eigenvalue weighted by Gasteiger charge is 2.41. The van der Waals surface area contributed by atoms with Crippen molar-refractivity contribution in [1.29, 1.82) is 0 Å². The zero-order valence-corrected chi connectivity index (χ0v) is 13.7. The summed E-state index contributed by atoms with van der Waals surface area (Å²) in [4.78, 5) is 0.192. The van der Waals surface area contributed by atoms with Crippen molar-refractivity contribution < 1.29 is 8.42 Å². The molecule has 2 aliphatic rings. The molecule has 116 valence electrons. The number of anilines is 1. The Balaban J connectivity index is 1.77. The number of hydrogen-bond acceptors (Lipinski definition) is 3. The van der Waals surface area contributed by atoms with E-state index in [2.05, 4.69) is 4.72 Å². The second kappa shape index (κ2) is 5.45. The Morgan fingerprint density at radius 1 is 1.29 bits per heavy atom. The molecule has 1 aromatic rings. The van der Waals surface area contributed by atoms with Crippen LogP contribution in [0.25, 0.3) is 0 Å². The largest absolute Gasteiger partial charge is 0.398 e. The molecule has 0 radical (unpaired) electrons. The van der Waals surface area contributed by atoms with Gasteiger partial charge in [-0.15, -0.1) is 0 Å². The van der Waals surface area contributed by atoms with Crippen LogP contribution >= 0.6 is 11.6 Å². The first-order valence-electron chi connectivity index (χ1n) is 7.44. The monoisotopic (exact) mass is 328 g/mol. The number of nitrogens with two attached hydrogens (primary N) is 1. The maximum atomic E-state index is 12.5. The lowest BCUT2D eigenvalue weighted by atomic mass is 9.99. The number of nitrogen functional groups attached to an aromatic ring is 1. The van der Waals surface area contributed by atoms with Crippen LogP contribution in [0.1, 0.15) is 31.2 Å². The third kappa shape index (κ3) is 3.35. The molecule has 2 fully saturated rings. The molecule has 0 heterocycles. The maximum absolute atomic E-state index is 12.5. The summed E-state index contributed by atoms with van der Waals surface area (Å²) in [5, 5.41) is 0.347. The predicted molar refractivity (Wildman–Crippen MR) is 84.7 cm³/mol. The Hall–Kier alpha value is -0.780. The molecule has 3 N–H and O–H groups in total. The minimum absolute atomic E-state index is 0.192. The lowest BCUT2D eigenvalue weighted by Crippen LogP contribution is -2.31. The van der Waals surface area contributed by atoms with Gasteiger partial charge in [-0.25, -0.2) is 13.1 Å². The fraction of sp³-hybridized carbons (Fsp3) is 0.600. The standard InChI is InChI=1S/C15H21ClN2O2S/c1-9-14(17)6-12(16)7-15(9)21(19,20)18-8-13(10-2-3-10)11-4-5-11/h6-7,10-11,13,18H,2-5,8,17H2,1H3. The second-order valence-electron chi connectivity index (χ2n) is 6.31. The normalized spacial score (nSPS) is 19.2. The van der Waals surface area contributed by atoms with Gasteiger partial charge in [-0.2, -0.15) is 0 Å². The molecule has 0 spiro atoms. The van der Waals surface area contributed by atoms with Crippen molar-refractivity contribution in [3.8, 4) is 0 Å². The lowest BCUT2D eigenvalue weighted by molar-refractivity contribution is 0.401. The Bertz CT molecular complexity index is 640. The first kappa shape index (κ1) is 15.1. The molecular formula is C15H21ClN2O2S. The molecule has 0 saturated heterocycles. The minimum atomic E-state index is -3.56. The van der Waals surface area contributed by atoms with Crippen molar-refractivity contribution in [2.45, 2.75) is 37.5 Å². The molecule has 2 aliphatic carbocycles. The summed E-state index contributed by atoms with van der Waals surface area (Å²) in [6, 6.07) is 3.05. The third-order valence-corrected chi connectivity index (χ3v) is 6.39. The molecule has 6 heteroatoms. The molecule has 0 unspecified atom stereocenters. The number of halogens is 1. The third-order valence-electron chi connectivity index (χ3n) is 4.62. The molecular weight excluding hydrogens is 308 g/mol. The van der Waals surface area contributed by atoms with Crippen molar-refractivity contribution in [2.24, 2.45) is 17.8 Å². The Morgan fingerprint density at radius 3 is 2.38 bits per heavy atom. The Morgan fingerprint density at radius 2 is 1.86 bits per heavy atom. The number of hydrogen-bond donors (Lipinski definition) is 2. The predicted octanol–water partition coefficient (Wildman–Crippen LogP) is 2.95. The number of benzene rings is 1. The van der Waals surface area contributed by atoms with Gasteiger partial charge in [0.2, 0.25) is 10.0 Å². The van der Waals surface area contributed by atoms with Crippen molar-refractivity contribution >= 4 is 27.3 Å². The molecule has 0 bridgehead atoms. The summed E-state index contributed by atoms with van der Waals surface area (Å²) in [5.74, 6) is 1.92. The summed E-state index contributed by atoms with van der Waals surface area (Å²) < 4.78 is 27.8. The molecule has 0 aromatic heterocycles. The highest BCUT2D eigenvalue weighted by atomic mass is 35.5. The SMILES string of the molecule is Cc1c(N)cc(Cl)cc1S(=O)(=O)NCC(C1CC1)C1CC1. The van der Waals surface area contributed by atoms with Crippen molar-refractivity contribution in [2.75, 3.05) is 12.3 Å². The van der Waals surface area contributed by atoms with Crippen LogP contribution in [-0.2, 0) is 10.0 Å². The summed E-state index contributed by atoms with van der Waals surface area (Å²) in [6.45, 7) is 2.24. The zero-order chi connectivity index (χ0) is 15.2. The van der Waals surface area contributed by atoms with Gasteiger partial charge in [0.15, 0.2) is 0 Å². The molecule has 3 rings (SSSR count).